The SMILES string of the molecule is OC1C2C=CC1C(COc1cccc3ccccc13)C2. The van der Waals surface area contributed by atoms with Crippen molar-refractivity contribution in [1.29, 1.82) is 0 Å². The predicted octanol–water partition coefficient (Wildman–Crippen LogP) is 3.40. The molecule has 4 unspecified atom stereocenters. The summed E-state index contributed by atoms with van der Waals surface area (Å²) in [5, 5.41) is 12.4. The molecular weight excluding hydrogens is 248 g/mol. The molecule has 2 nitrogen and oxygen atoms in total. The molecule has 0 spiro atoms. The Morgan fingerprint density at radius 3 is 2.70 bits per heavy atom. The smallest absolute Gasteiger partial charge is 0.127 e. The second-order valence-corrected chi connectivity index (χ2v) is 5.90. The Kier molecular flexibility index (Phi) is 2.78. The molecule has 0 radical (unpaired) electrons. The summed E-state index contributed by atoms with van der Waals surface area (Å²) in [7, 11) is 0. The van der Waals surface area contributed by atoms with E-state index >= 15 is 0 Å². The highest BCUT2D eigenvalue weighted by Crippen LogP contribution is 2.44. The molecular formula is C18H18O2. The van der Waals surface area contributed by atoms with Crippen molar-refractivity contribution in [1.82, 2.24) is 0 Å². The summed E-state index contributed by atoms with van der Waals surface area (Å²) in [6.45, 7) is 0.691. The van der Waals surface area contributed by atoms with Crippen LogP contribution < -0.4 is 4.74 Å². The van der Waals surface area contributed by atoms with Crippen molar-refractivity contribution in [2.24, 2.45) is 17.8 Å². The van der Waals surface area contributed by atoms with Crippen molar-refractivity contribution < 1.29 is 9.84 Å². The molecule has 2 aliphatic carbocycles. The van der Waals surface area contributed by atoms with Crippen LogP contribution in [0.1, 0.15) is 6.42 Å². The first-order chi connectivity index (χ1) is 9.83. The number of benzene rings is 2. The van der Waals surface area contributed by atoms with Crippen LogP contribution in [0.25, 0.3) is 10.8 Å². The lowest BCUT2D eigenvalue weighted by Crippen LogP contribution is -2.20. The van der Waals surface area contributed by atoms with Gasteiger partial charge in [0.05, 0.1) is 12.7 Å². The van der Waals surface area contributed by atoms with Gasteiger partial charge in [-0.05, 0) is 17.9 Å². The third kappa shape index (κ3) is 1.83. The largest absolute Gasteiger partial charge is 0.493 e. The minimum absolute atomic E-state index is 0.184. The minimum atomic E-state index is -0.184. The fourth-order valence-corrected chi connectivity index (χ4v) is 3.64. The van der Waals surface area contributed by atoms with E-state index in [1.54, 1.807) is 0 Å². The second kappa shape index (κ2) is 4.64. The zero-order valence-corrected chi connectivity index (χ0v) is 11.3. The molecule has 1 fully saturated rings. The molecule has 2 aliphatic rings. The van der Waals surface area contributed by atoms with E-state index in [1.165, 1.54) is 5.39 Å². The molecule has 0 amide bonds. The molecule has 1 saturated carbocycles. The Balaban J connectivity index is 1.53. The molecule has 2 bridgehead atoms. The summed E-state index contributed by atoms with van der Waals surface area (Å²) >= 11 is 0. The molecule has 2 aromatic rings. The fourth-order valence-electron chi connectivity index (χ4n) is 3.64. The molecule has 20 heavy (non-hydrogen) atoms. The Morgan fingerprint density at radius 2 is 1.90 bits per heavy atom. The van der Waals surface area contributed by atoms with Crippen molar-refractivity contribution in [3.63, 3.8) is 0 Å². The van der Waals surface area contributed by atoms with Crippen LogP contribution in [-0.4, -0.2) is 17.8 Å². The van der Waals surface area contributed by atoms with E-state index in [9.17, 15) is 5.11 Å². The predicted molar refractivity (Wildman–Crippen MR) is 79.7 cm³/mol. The van der Waals surface area contributed by atoms with Gasteiger partial charge in [-0.25, -0.2) is 0 Å². The minimum Gasteiger partial charge on any atom is -0.493 e. The summed E-state index contributed by atoms with van der Waals surface area (Å²) < 4.78 is 6.06. The summed E-state index contributed by atoms with van der Waals surface area (Å²) in [5.41, 5.74) is 0. The zero-order chi connectivity index (χ0) is 13.5. The van der Waals surface area contributed by atoms with Gasteiger partial charge in [0.1, 0.15) is 5.75 Å². The first-order valence-electron chi connectivity index (χ1n) is 7.30. The molecule has 102 valence electrons. The molecule has 4 atom stereocenters. The maximum atomic E-state index is 10.1. The quantitative estimate of drug-likeness (QED) is 0.863. The van der Waals surface area contributed by atoms with Crippen LogP contribution in [0.5, 0.6) is 5.75 Å². The molecule has 0 aromatic heterocycles. The Bertz CT molecular complexity index is 656. The van der Waals surface area contributed by atoms with Crippen LogP contribution in [0.2, 0.25) is 0 Å². The van der Waals surface area contributed by atoms with Crippen molar-refractivity contribution in [3.8, 4) is 5.75 Å². The Morgan fingerprint density at radius 1 is 1.05 bits per heavy atom. The van der Waals surface area contributed by atoms with E-state index in [2.05, 4.69) is 30.4 Å². The van der Waals surface area contributed by atoms with E-state index in [1.807, 2.05) is 24.3 Å². The van der Waals surface area contributed by atoms with E-state index in [4.69, 9.17) is 4.74 Å². The van der Waals surface area contributed by atoms with Gasteiger partial charge in [-0.1, -0.05) is 48.6 Å². The maximum absolute atomic E-state index is 10.1. The summed E-state index contributed by atoms with van der Waals surface area (Å²) in [6.07, 6.45) is 5.18. The van der Waals surface area contributed by atoms with Crippen molar-refractivity contribution in [2.45, 2.75) is 12.5 Å². The highest BCUT2D eigenvalue weighted by Gasteiger charge is 2.43. The van der Waals surface area contributed by atoms with Gasteiger partial charge >= 0.3 is 0 Å². The highest BCUT2D eigenvalue weighted by atomic mass is 16.5. The monoisotopic (exact) mass is 266 g/mol. The molecule has 1 N–H and O–H groups in total. The summed E-state index contributed by atoms with van der Waals surface area (Å²) in [6, 6.07) is 14.5. The Hall–Kier alpha value is -1.80. The van der Waals surface area contributed by atoms with Gasteiger partial charge in [-0.2, -0.15) is 0 Å². The number of rotatable bonds is 3. The summed E-state index contributed by atoms with van der Waals surface area (Å²) in [5.74, 6) is 2.03. The van der Waals surface area contributed by atoms with Crippen LogP contribution in [0.4, 0.5) is 0 Å². The van der Waals surface area contributed by atoms with Crippen molar-refractivity contribution in [2.75, 3.05) is 6.61 Å². The molecule has 0 heterocycles. The van der Waals surface area contributed by atoms with Gasteiger partial charge in [0.2, 0.25) is 0 Å². The average molecular weight is 266 g/mol. The lowest BCUT2D eigenvalue weighted by Gasteiger charge is -2.19. The number of fused-ring (bicyclic) bond motifs is 3. The van der Waals surface area contributed by atoms with Gasteiger partial charge in [0, 0.05) is 23.1 Å². The van der Waals surface area contributed by atoms with Gasteiger partial charge in [-0.3, -0.25) is 0 Å². The Labute approximate surface area is 118 Å². The third-order valence-corrected chi connectivity index (χ3v) is 4.74. The maximum Gasteiger partial charge on any atom is 0.127 e. The molecule has 2 heteroatoms. The van der Waals surface area contributed by atoms with E-state index < -0.39 is 0 Å². The summed E-state index contributed by atoms with van der Waals surface area (Å²) in [4.78, 5) is 0. The number of hydrogen-bond acceptors (Lipinski definition) is 2. The van der Waals surface area contributed by atoms with Crippen molar-refractivity contribution >= 4 is 10.8 Å². The van der Waals surface area contributed by atoms with Gasteiger partial charge < -0.3 is 9.84 Å². The lowest BCUT2D eigenvalue weighted by atomic mass is 9.94. The van der Waals surface area contributed by atoms with Crippen LogP contribution in [0.3, 0.4) is 0 Å². The van der Waals surface area contributed by atoms with Crippen LogP contribution in [0.15, 0.2) is 54.6 Å². The van der Waals surface area contributed by atoms with E-state index in [-0.39, 0.29) is 12.0 Å². The standard InChI is InChI=1S/C18H18O2/c19-18-13-8-9-16(18)14(10-13)11-20-17-7-3-5-12-4-1-2-6-15(12)17/h1-9,13-14,16,18-19H,10-11H2. The van der Waals surface area contributed by atoms with Crippen molar-refractivity contribution in [3.05, 3.63) is 54.6 Å². The highest BCUT2D eigenvalue weighted by molar-refractivity contribution is 5.88. The molecule has 2 aromatic carbocycles. The van der Waals surface area contributed by atoms with Crippen LogP contribution in [-0.2, 0) is 0 Å². The lowest BCUT2D eigenvalue weighted by molar-refractivity contribution is 0.121. The normalized spacial score (nSPS) is 31.1. The zero-order valence-electron chi connectivity index (χ0n) is 11.3. The first-order valence-corrected chi connectivity index (χ1v) is 7.30. The molecule has 0 aliphatic heterocycles. The number of aliphatic hydroxyl groups is 1. The second-order valence-electron chi connectivity index (χ2n) is 5.90. The third-order valence-electron chi connectivity index (χ3n) is 4.74. The number of ether oxygens (including phenoxy) is 1. The van der Waals surface area contributed by atoms with Crippen LogP contribution in [0, 0.1) is 17.8 Å². The topological polar surface area (TPSA) is 29.5 Å². The van der Waals surface area contributed by atoms with Gasteiger partial charge in [0.25, 0.3) is 0 Å². The van der Waals surface area contributed by atoms with E-state index in [0.717, 1.165) is 17.6 Å². The molecule has 0 saturated heterocycles. The van der Waals surface area contributed by atoms with Crippen LogP contribution >= 0.6 is 0 Å². The average Bonchev–Trinajstić information content (AvgIpc) is 3.00. The van der Waals surface area contributed by atoms with Gasteiger partial charge in [-0.15, -0.1) is 0 Å². The number of aliphatic hydroxyl groups excluding tert-OH is 1. The first kappa shape index (κ1) is 12.0. The molecule has 4 rings (SSSR count). The fraction of sp³-hybridized carbons (Fsp3) is 0.333. The van der Waals surface area contributed by atoms with E-state index in [0.29, 0.717) is 18.4 Å². The number of hydrogen-bond donors (Lipinski definition) is 1. The van der Waals surface area contributed by atoms with Gasteiger partial charge in [0.15, 0.2) is 0 Å².